The van der Waals surface area contributed by atoms with Gasteiger partial charge in [0.05, 0.1) is 0 Å². The summed E-state index contributed by atoms with van der Waals surface area (Å²) in [7, 11) is 0. The molecular weight excluding hydrogens is 298 g/mol. The number of hydrogen-bond acceptors (Lipinski definition) is 3. The molecule has 1 fully saturated rings. The molecule has 1 aromatic rings. The number of amides is 1. The van der Waals surface area contributed by atoms with Gasteiger partial charge in [0.2, 0.25) is 0 Å². The van der Waals surface area contributed by atoms with Gasteiger partial charge < -0.3 is 10.6 Å². The number of carbonyl (C=O) groups excluding carboxylic acids is 1. The second-order valence-corrected chi connectivity index (χ2v) is 6.04. The number of halogens is 1. The van der Waals surface area contributed by atoms with Gasteiger partial charge in [0.25, 0.3) is 5.91 Å². The number of piperazine rings is 1. The molecule has 0 unspecified atom stereocenters. The van der Waals surface area contributed by atoms with Crippen LogP contribution >= 0.6 is 12.4 Å². The molecule has 5 heteroatoms. The Morgan fingerprint density at radius 2 is 1.86 bits per heavy atom. The molecule has 0 spiro atoms. The Balaban J connectivity index is 0.00000176. The fourth-order valence-corrected chi connectivity index (χ4v) is 3.24. The summed E-state index contributed by atoms with van der Waals surface area (Å²) in [4.78, 5) is 14.6. The van der Waals surface area contributed by atoms with E-state index in [2.05, 4.69) is 27.7 Å². The minimum Gasteiger partial charge on any atom is -0.351 e. The van der Waals surface area contributed by atoms with Crippen molar-refractivity contribution in [1.29, 1.82) is 0 Å². The Labute approximate surface area is 139 Å². The lowest BCUT2D eigenvalue weighted by molar-refractivity contribution is 0.0947. The monoisotopic (exact) mass is 323 g/mol. The van der Waals surface area contributed by atoms with Crippen LogP contribution in [-0.4, -0.2) is 50.1 Å². The molecule has 1 aliphatic heterocycles. The summed E-state index contributed by atoms with van der Waals surface area (Å²) in [5.41, 5.74) is 3.62. The molecule has 3 rings (SSSR count). The van der Waals surface area contributed by atoms with Crippen molar-refractivity contribution < 1.29 is 4.79 Å². The smallest absolute Gasteiger partial charge is 0.251 e. The minimum absolute atomic E-state index is 0. The summed E-state index contributed by atoms with van der Waals surface area (Å²) in [6.07, 6.45) is 4.82. The van der Waals surface area contributed by atoms with Gasteiger partial charge in [-0.1, -0.05) is 6.07 Å². The van der Waals surface area contributed by atoms with Gasteiger partial charge in [0.1, 0.15) is 0 Å². The zero-order valence-electron chi connectivity index (χ0n) is 13.1. The van der Waals surface area contributed by atoms with Gasteiger partial charge >= 0.3 is 0 Å². The number of aryl methyl sites for hydroxylation is 2. The van der Waals surface area contributed by atoms with E-state index in [1.54, 1.807) is 0 Å². The number of hydrogen-bond donors (Lipinski definition) is 2. The molecule has 2 aliphatic rings. The Morgan fingerprint density at radius 3 is 2.64 bits per heavy atom. The van der Waals surface area contributed by atoms with Crippen molar-refractivity contribution in [3.8, 4) is 0 Å². The first-order chi connectivity index (χ1) is 10.3. The van der Waals surface area contributed by atoms with Crippen LogP contribution in [0.25, 0.3) is 0 Å². The standard InChI is InChI=1S/C17H25N3O.ClH/c21-17(19-9-12-20-10-7-18-8-11-20)16-6-5-14-3-1-2-4-15(14)13-16;/h5-6,13,18H,1-4,7-12H2,(H,19,21);1H. The fourth-order valence-electron chi connectivity index (χ4n) is 3.24. The van der Waals surface area contributed by atoms with Crippen LogP contribution in [0.2, 0.25) is 0 Å². The first-order valence-corrected chi connectivity index (χ1v) is 8.16. The quantitative estimate of drug-likeness (QED) is 0.885. The molecule has 1 aliphatic carbocycles. The van der Waals surface area contributed by atoms with Crippen molar-refractivity contribution in [2.75, 3.05) is 39.3 Å². The number of rotatable bonds is 4. The summed E-state index contributed by atoms with van der Waals surface area (Å²) in [6.45, 7) is 5.94. The molecule has 2 N–H and O–H groups in total. The van der Waals surface area contributed by atoms with Crippen molar-refractivity contribution in [1.82, 2.24) is 15.5 Å². The van der Waals surface area contributed by atoms with E-state index in [4.69, 9.17) is 0 Å². The van der Waals surface area contributed by atoms with Crippen LogP contribution in [0.3, 0.4) is 0 Å². The lowest BCUT2D eigenvalue weighted by atomic mass is 9.90. The Bertz CT molecular complexity index is 501. The number of fused-ring (bicyclic) bond motifs is 1. The van der Waals surface area contributed by atoms with E-state index < -0.39 is 0 Å². The van der Waals surface area contributed by atoms with Crippen LogP contribution in [0.4, 0.5) is 0 Å². The van der Waals surface area contributed by atoms with E-state index in [0.717, 1.165) is 51.3 Å². The number of nitrogens with zero attached hydrogens (tertiary/aromatic N) is 1. The average molecular weight is 324 g/mol. The Kier molecular flexibility index (Phi) is 6.68. The third-order valence-electron chi connectivity index (χ3n) is 4.53. The van der Waals surface area contributed by atoms with Gasteiger partial charge in [0, 0.05) is 44.8 Å². The third kappa shape index (κ3) is 4.45. The summed E-state index contributed by atoms with van der Waals surface area (Å²) < 4.78 is 0. The molecule has 1 aromatic carbocycles. The van der Waals surface area contributed by atoms with Gasteiger partial charge in [-0.3, -0.25) is 9.69 Å². The predicted molar refractivity (Wildman–Crippen MR) is 92.0 cm³/mol. The molecular formula is C17H26ClN3O. The summed E-state index contributed by atoms with van der Waals surface area (Å²) >= 11 is 0. The summed E-state index contributed by atoms with van der Waals surface area (Å²) in [5.74, 6) is 0.0681. The fraction of sp³-hybridized carbons (Fsp3) is 0.588. The molecule has 0 aromatic heterocycles. The predicted octanol–water partition coefficient (Wildman–Crippen LogP) is 1.62. The first-order valence-electron chi connectivity index (χ1n) is 8.16. The largest absolute Gasteiger partial charge is 0.351 e. The molecule has 1 amide bonds. The lowest BCUT2D eigenvalue weighted by Crippen LogP contribution is -2.46. The lowest BCUT2D eigenvalue weighted by Gasteiger charge is -2.27. The SMILES string of the molecule is Cl.O=C(NCCN1CCNCC1)c1ccc2c(c1)CCCC2. The molecule has 4 nitrogen and oxygen atoms in total. The second-order valence-electron chi connectivity index (χ2n) is 6.04. The first kappa shape index (κ1) is 17.3. The van der Waals surface area contributed by atoms with Crippen LogP contribution in [-0.2, 0) is 12.8 Å². The Morgan fingerprint density at radius 1 is 1.14 bits per heavy atom. The van der Waals surface area contributed by atoms with E-state index in [9.17, 15) is 4.79 Å². The van der Waals surface area contributed by atoms with E-state index in [0.29, 0.717) is 0 Å². The zero-order valence-corrected chi connectivity index (χ0v) is 13.9. The van der Waals surface area contributed by atoms with Crippen LogP contribution < -0.4 is 10.6 Å². The second kappa shape index (κ2) is 8.51. The maximum absolute atomic E-state index is 12.2. The Hall–Kier alpha value is -1.10. The minimum atomic E-state index is 0. The van der Waals surface area contributed by atoms with Crippen molar-refractivity contribution >= 4 is 18.3 Å². The number of nitrogens with one attached hydrogen (secondary N) is 2. The van der Waals surface area contributed by atoms with E-state index >= 15 is 0 Å². The zero-order chi connectivity index (χ0) is 14.5. The molecule has 122 valence electrons. The molecule has 0 atom stereocenters. The van der Waals surface area contributed by atoms with Gasteiger partial charge in [-0.25, -0.2) is 0 Å². The van der Waals surface area contributed by atoms with Gasteiger partial charge in [0.15, 0.2) is 0 Å². The van der Waals surface area contributed by atoms with Crippen LogP contribution in [0.5, 0.6) is 0 Å². The normalized spacial score (nSPS) is 18.2. The molecule has 0 radical (unpaired) electrons. The average Bonchev–Trinajstić information content (AvgIpc) is 2.55. The van der Waals surface area contributed by atoms with Crippen LogP contribution in [0, 0.1) is 0 Å². The number of carbonyl (C=O) groups is 1. The summed E-state index contributed by atoms with van der Waals surface area (Å²) in [5, 5.41) is 6.39. The third-order valence-corrected chi connectivity index (χ3v) is 4.53. The molecule has 1 saturated heterocycles. The highest BCUT2D eigenvalue weighted by atomic mass is 35.5. The highest BCUT2D eigenvalue weighted by Gasteiger charge is 2.13. The van der Waals surface area contributed by atoms with Gasteiger partial charge in [-0.2, -0.15) is 0 Å². The highest BCUT2D eigenvalue weighted by molar-refractivity contribution is 5.94. The van der Waals surface area contributed by atoms with Crippen LogP contribution in [0.15, 0.2) is 18.2 Å². The van der Waals surface area contributed by atoms with Crippen molar-refractivity contribution in [2.24, 2.45) is 0 Å². The van der Waals surface area contributed by atoms with Gasteiger partial charge in [-0.15, -0.1) is 12.4 Å². The molecule has 22 heavy (non-hydrogen) atoms. The maximum Gasteiger partial charge on any atom is 0.251 e. The van der Waals surface area contributed by atoms with Gasteiger partial charge in [-0.05, 0) is 48.9 Å². The maximum atomic E-state index is 12.2. The van der Waals surface area contributed by atoms with Crippen molar-refractivity contribution in [3.05, 3.63) is 34.9 Å². The number of benzene rings is 1. The molecule has 1 heterocycles. The van der Waals surface area contributed by atoms with Crippen molar-refractivity contribution in [3.63, 3.8) is 0 Å². The van der Waals surface area contributed by atoms with E-state index in [-0.39, 0.29) is 18.3 Å². The van der Waals surface area contributed by atoms with Crippen molar-refractivity contribution in [2.45, 2.75) is 25.7 Å². The van der Waals surface area contributed by atoms with Crippen LogP contribution in [0.1, 0.15) is 34.3 Å². The van der Waals surface area contributed by atoms with E-state index in [1.165, 1.54) is 30.4 Å². The molecule has 0 saturated carbocycles. The highest BCUT2D eigenvalue weighted by Crippen LogP contribution is 2.22. The summed E-state index contributed by atoms with van der Waals surface area (Å²) in [6, 6.07) is 6.21. The molecule has 0 bridgehead atoms. The topological polar surface area (TPSA) is 44.4 Å². The van der Waals surface area contributed by atoms with E-state index in [1.807, 2.05) is 6.07 Å².